The van der Waals surface area contributed by atoms with Gasteiger partial charge >= 0.3 is 0 Å². The Morgan fingerprint density at radius 3 is 2.45 bits per heavy atom. The van der Waals surface area contributed by atoms with Gasteiger partial charge in [-0.2, -0.15) is 0 Å². The normalized spacial score (nSPS) is 14.8. The van der Waals surface area contributed by atoms with E-state index in [0.29, 0.717) is 5.92 Å². The molecule has 0 heterocycles. The fourth-order valence-corrected chi connectivity index (χ4v) is 2.22. The summed E-state index contributed by atoms with van der Waals surface area (Å²) in [6.07, 6.45) is 2.83. The van der Waals surface area contributed by atoms with E-state index in [1.807, 2.05) is 6.92 Å². The largest absolute Gasteiger partial charge is 0.383 e. The summed E-state index contributed by atoms with van der Waals surface area (Å²) in [5.41, 5.74) is 4.84. The zero-order chi connectivity index (χ0) is 15.6. The minimum atomic E-state index is -0.588. The van der Waals surface area contributed by atoms with Gasteiger partial charge in [0.25, 0.3) is 0 Å². The van der Waals surface area contributed by atoms with Crippen LogP contribution in [0.5, 0.6) is 0 Å². The van der Waals surface area contributed by atoms with Gasteiger partial charge in [0.2, 0.25) is 5.91 Å². The van der Waals surface area contributed by atoms with E-state index in [1.165, 1.54) is 0 Å². The van der Waals surface area contributed by atoms with Gasteiger partial charge in [-0.3, -0.25) is 4.79 Å². The second kappa shape index (κ2) is 10.1. The average molecular weight is 287 g/mol. The first-order chi connectivity index (χ1) is 9.35. The maximum Gasteiger partial charge on any atom is 0.237 e. The van der Waals surface area contributed by atoms with E-state index in [9.17, 15) is 4.79 Å². The van der Waals surface area contributed by atoms with E-state index in [-0.39, 0.29) is 5.91 Å². The quantitative estimate of drug-likeness (QED) is 0.530. The van der Waals surface area contributed by atoms with Gasteiger partial charge in [-0.05, 0) is 45.7 Å². The molecule has 0 saturated carbocycles. The number of likely N-dealkylation sites (N-methyl/N-ethyl adjacent to an activating group) is 1. The molecule has 1 atom stereocenters. The molecule has 0 fully saturated rings. The summed E-state index contributed by atoms with van der Waals surface area (Å²) in [6, 6.07) is 0. The van der Waals surface area contributed by atoms with E-state index in [1.54, 1.807) is 14.2 Å². The fraction of sp³-hybridized carbons (Fsp3) is 0.933. The Hall–Kier alpha value is -0.650. The van der Waals surface area contributed by atoms with Gasteiger partial charge in [-0.1, -0.05) is 13.8 Å². The van der Waals surface area contributed by atoms with Crippen LogP contribution in [0, 0.1) is 5.92 Å². The highest BCUT2D eigenvalue weighted by atomic mass is 16.5. The third-order valence-corrected chi connectivity index (χ3v) is 3.73. The molecule has 20 heavy (non-hydrogen) atoms. The van der Waals surface area contributed by atoms with Gasteiger partial charge in [-0.25, -0.2) is 0 Å². The maximum atomic E-state index is 11.4. The molecule has 0 saturated heterocycles. The number of amides is 1. The lowest BCUT2D eigenvalue weighted by Crippen LogP contribution is -2.51. The second-order valence-corrected chi connectivity index (χ2v) is 6.09. The molecule has 0 aliphatic heterocycles. The van der Waals surface area contributed by atoms with Crippen LogP contribution < -0.4 is 11.1 Å². The molecular formula is C15H33N3O2. The molecule has 3 N–H and O–H groups in total. The minimum Gasteiger partial charge on any atom is -0.383 e. The van der Waals surface area contributed by atoms with Gasteiger partial charge in [0, 0.05) is 20.2 Å². The van der Waals surface area contributed by atoms with Gasteiger partial charge in [0.05, 0.1) is 12.1 Å². The van der Waals surface area contributed by atoms with Crippen molar-refractivity contribution in [1.29, 1.82) is 0 Å². The van der Waals surface area contributed by atoms with Crippen molar-refractivity contribution in [2.75, 3.05) is 40.4 Å². The third-order valence-electron chi connectivity index (χ3n) is 3.73. The van der Waals surface area contributed by atoms with Crippen LogP contribution >= 0.6 is 0 Å². The molecule has 0 aromatic heterocycles. The van der Waals surface area contributed by atoms with Crippen molar-refractivity contribution < 1.29 is 9.53 Å². The van der Waals surface area contributed by atoms with Gasteiger partial charge < -0.3 is 20.7 Å². The van der Waals surface area contributed by atoms with Crippen molar-refractivity contribution in [3.63, 3.8) is 0 Å². The van der Waals surface area contributed by atoms with Crippen LogP contribution in [0.2, 0.25) is 0 Å². The Morgan fingerprint density at radius 2 is 2.00 bits per heavy atom. The SMILES string of the molecule is CNC(C)(CCCCN(CCOC)CC(C)C)C(N)=O. The van der Waals surface area contributed by atoms with Crippen LogP contribution in [0.25, 0.3) is 0 Å². The minimum absolute atomic E-state index is 0.279. The van der Waals surface area contributed by atoms with E-state index in [2.05, 4.69) is 24.1 Å². The second-order valence-electron chi connectivity index (χ2n) is 6.09. The number of ether oxygens (including phenoxy) is 1. The number of rotatable bonds is 12. The summed E-state index contributed by atoms with van der Waals surface area (Å²) < 4.78 is 5.15. The van der Waals surface area contributed by atoms with Crippen molar-refractivity contribution in [3.8, 4) is 0 Å². The number of hydrogen-bond acceptors (Lipinski definition) is 4. The van der Waals surface area contributed by atoms with Crippen molar-refractivity contribution in [2.24, 2.45) is 11.7 Å². The highest BCUT2D eigenvalue weighted by molar-refractivity contribution is 5.84. The van der Waals surface area contributed by atoms with Crippen LogP contribution in [0.4, 0.5) is 0 Å². The Balaban J connectivity index is 4.06. The molecule has 120 valence electrons. The summed E-state index contributed by atoms with van der Waals surface area (Å²) >= 11 is 0. The molecule has 0 aliphatic carbocycles. The Kier molecular flexibility index (Phi) is 9.80. The number of primary amides is 1. The van der Waals surface area contributed by atoms with Gasteiger partial charge in [-0.15, -0.1) is 0 Å². The number of hydrogen-bond donors (Lipinski definition) is 2. The van der Waals surface area contributed by atoms with Crippen molar-refractivity contribution in [2.45, 2.75) is 45.6 Å². The summed E-state index contributed by atoms with van der Waals surface area (Å²) in [6.45, 7) is 10.2. The Labute approximate surface area is 124 Å². The molecule has 1 amide bonds. The van der Waals surface area contributed by atoms with Crippen LogP contribution in [0.15, 0.2) is 0 Å². The van der Waals surface area contributed by atoms with Crippen molar-refractivity contribution in [3.05, 3.63) is 0 Å². The Morgan fingerprint density at radius 1 is 1.35 bits per heavy atom. The molecule has 5 heteroatoms. The highest BCUT2D eigenvalue weighted by Crippen LogP contribution is 2.13. The molecule has 0 aromatic carbocycles. The predicted octanol–water partition coefficient (Wildman–Crippen LogP) is 1.22. The van der Waals surface area contributed by atoms with Crippen LogP contribution in [-0.4, -0.2) is 56.7 Å². The first-order valence-electron chi connectivity index (χ1n) is 7.55. The molecule has 0 bridgehead atoms. The summed E-state index contributed by atoms with van der Waals surface area (Å²) in [4.78, 5) is 13.8. The predicted molar refractivity (Wildman–Crippen MR) is 83.7 cm³/mol. The zero-order valence-corrected chi connectivity index (χ0v) is 13.9. The first-order valence-corrected chi connectivity index (χ1v) is 7.55. The molecule has 1 unspecified atom stereocenters. The van der Waals surface area contributed by atoms with Crippen molar-refractivity contribution in [1.82, 2.24) is 10.2 Å². The van der Waals surface area contributed by atoms with Crippen molar-refractivity contribution >= 4 is 5.91 Å². The smallest absolute Gasteiger partial charge is 0.237 e. The van der Waals surface area contributed by atoms with Gasteiger partial charge in [0.1, 0.15) is 0 Å². The lowest BCUT2D eigenvalue weighted by atomic mass is 9.94. The fourth-order valence-electron chi connectivity index (χ4n) is 2.22. The summed E-state index contributed by atoms with van der Waals surface area (Å²) in [5, 5.41) is 3.02. The molecule has 5 nitrogen and oxygen atoms in total. The average Bonchev–Trinajstić information content (AvgIpc) is 2.39. The summed E-state index contributed by atoms with van der Waals surface area (Å²) in [5.74, 6) is 0.374. The molecule has 0 aromatic rings. The maximum absolute atomic E-state index is 11.4. The molecule has 0 rings (SSSR count). The van der Waals surface area contributed by atoms with Crippen LogP contribution in [0.3, 0.4) is 0 Å². The number of nitrogens with one attached hydrogen (secondary N) is 1. The highest BCUT2D eigenvalue weighted by Gasteiger charge is 2.27. The lowest BCUT2D eigenvalue weighted by molar-refractivity contribution is -0.123. The topological polar surface area (TPSA) is 67.6 Å². The summed E-state index contributed by atoms with van der Waals surface area (Å²) in [7, 11) is 3.52. The van der Waals surface area contributed by atoms with E-state index < -0.39 is 5.54 Å². The monoisotopic (exact) mass is 287 g/mol. The van der Waals surface area contributed by atoms with E-state index >= 15 is 0 Å². The first kappa shape index (κ1) is 19.4. The van der Waals surface area contributed by atoms with Crippen LogP contribution in [-0.2, 0) is 9.53 Å². The number of carbonyl (C=O) groups excluding carboxylic acids is 1. The lowest BCUT2D eigenvalue weighted by Gasteiger charge is -2.27. The number of unbranched alkanes of at least 4 members (excludes halogenated alkanes) is 1. The molecule has 0 radical (unpaired) electrons. The van der Waals surface area contributed by atoms with E-state index in [4.69, 9.17) is 10.5 Å². The standard InChI is InChI=1S/C15H33N3O2/c1-13(2)12-18(10-11-20-5)9-7-6-8-15(3,17-4)14(16)19/h13,17H,6-12H2,1-5H3,(H2,16,19). The number of methoxy groups -OCH3 is 1. The molecular weight excluding hydrogens is 254 g/mol. The molecule has 0 spiro atoms. The zero-order valence-electron chi connectivity index (χ0n) is 13.9. The Bertz CT molecular complexity index is 272. The van der Waals surface area contributed by atoms with E-state index in [0.717, 1.165) is 45.5 Å². The number of nitrogens with zero attached hydrogens (tertiary/aromatic N) is 1. The van der Waals surface area contributed by atoms with Crippen LogP contribution in [0.1, 0.15) is 40.0 Å². The number of nitrogens with two attached hydrogens (primary N) is 1. The number of carbonyl (C=O) groups is 1. The molecule has 0 aliphatic rings. The third kappa shape index (κ3) is 7.82. The van der Waals surface area contributed by atoms with Gasteiger partial charge in [0.15, 0.2) is 0 Å².